The van der Waals surface area contributed by atoms with E-state index >= 15 is 0 Å². The quantitative estimate of drug-likeness (QED) is 0.839. The van der Waals surface area contributed by atoms with Crippen molar-refractivity contribution in [1.29, 1.82) is 0 Å². The fourth-order valence-corrected chi connectivity index (χ4v) is 2.22. The fourth-order valence-electron chi connectivity index (χ4n) is 2.22. The van der Waals surface area contributed by atoms with Crippen LogP contribution in [0.5, 0.6) is 0 Å². The molecule has 0 radical (unpaired) electrons. The fraction of sp³-hybridized carbons (Fsp3) is 0.500. The molecule has 0 aliphatic rings. The summed E-state index contributed by atoms with van der Waals surface area (Å²) in [6, 6.07) is 5.36. The van der Waals surface area contributed by atoms with Gasteiger partial charge in [0.25, 0.3) is 5.91 Å². The van der Waals surface area contributed by atoms with Crippen LogP contribution in [-0.2, 0) is 10.6 Å². The van der Waals surface area contributed by atoms with Gasteiger partial charge >= 0.3 is 0 Å². The monoisotopic (exact) mass is 264 g/mol. The number of oxazole rings is 1. The van der Waals surface area contributed by atoms with Gasteiger partial charge in [-0.2, -0.15) is 0 Å². The van der Waals surface area contributed by atoms with Gasteiger partial charge in [-0.15, -0.1) is 0 Å². The zero-order valence-corrected chi connectivity index (χ0v) is 11.8. The Morgan fingerprint density at radius 2 is 2.21 bits per heavy atom. The standard InChI is InChI=1S/C14H20N2O3/c1-10(2)8-16(3)14(17,18-4)11-5-6-12-13(7-11)19-9-15-12/h5-7,9-10,17H,8H2,1-4H3. The summed E-state index contributed by atoms with van der Waals surface area (Å²) in [5.41, 5.74) is 2.02. The van der Waals surface area contributed by atoms with E-state index in [1.54, 1.807) is 23.1 Å². The van der Waals surface area contributed by atoms with E-state index in [0.717, 1.165) is 5.52 Å². The smallest absolute Gasteiger partial charge is 0.255 e. The molecule has 1 N–H and O–H groups in total. The van der Waals surface area contributed by atoms with Crippen molar-refractivity contribution >= 4 is 11.1 Å². The van der Waals surface area contributed by atoms with Gasteiger partial charge in [0.15, 0.2) is 12.0 Å². The first-order chi connectivity index (χ1) is 8.97. The first-order valence-corrected chi connectivity index (χ1v) is 6.30. The highest BCUT2D eigenvalue weighted by molar-refractivity contribution is 5.72. The maximum Gasteiger partial charge on any atom is 0.255 e. The summed E-state index contributed by atoms with van der Waals surface area (Å²) >= 11 is 0. The summed E-state index contributed by atoms with van der Waals surface area (Å²) in [6.45, 7) is 4.89. The average molecular weight is 264 g/mol. The molecular formula is C14H20N2O3. The minimum atomic E-state index is -1.47. The molecule has 1 aromatic carbocycles. The Hall–Kier alpha value is -1.43. The van der Waals surface area contributed by atoms with Crippen LogP contribution in [0.4, 0.5) is 0 Å². The van der Waals surface area contributed by atoms with Gasteiger partial charge in [-0.25, -0.2) is 4.98 Å². The first kappa shape index (κ1) is 14.0. The molecule has 0 saturated heterocycles. The summed E-state index contributed by atoms with van der Waals surface area (Å²) in [5.74, 6) is -1.05. The lowest BCUT2D eigenvalue weighted by molar-refractivity contribution is -0.286. The van der Waals surface area contributed by atoms with Crippen LogP contribution in [0, 0.1) is 5.92 Å². The number of hydrogen-bond donors (Lipinski definition) is 1. The van der Waals surface area contributed by atoms with E-state index in [4.69, 9.17) is 9.15 Å². The van der Waals surface area contributed by atoms with Gasteiger partial charge in [-0.05, 0) is 31.2 Å². The second-order valence-corrected chi connectivity index (χ2v) is 5.12. The molecule has 5 nitrogen and oxygen atoms in total. The molecule has 1 heterocycles. The van der Waals surface area contributed by atoms with Crippen LogP contribution < -0.4 is 0 Å². The van der Waals surface area contributed by atoms with Crippen molar-refractivity contribution in [2.75, 3.05) is 20.7 Å². The number of aliphatic hydroxyl groups is 1. The SMILES string of the molecule is COC(O)(c1ccc2ncoc2c1)N(C)CC(C)C. The van der Waals surface area contributed by atoms with Crippen LogP contribution in [0.3, 0.4) is 0 Å². The lowest BCUT2D eigenvalue weighted by atomic mass is 10.1. The molecule has 0 bridgehead atoms. The molecule has 0 amide bonds. The second-order valence-electron chi connectivity index (χ2n) is 5.12. The molecule has 0 aliphatic carbocycles. The van der Waals surface area contributed by atoms with E-state index < -0.39 is 5.91 Å². The lowest BCUT2D eigenvalue weighted by Crippen LogP contribution is -2.46. The Morgan fingerprint density at radius 1 is 1.47 bits per heavy atom. The van der Waals surface area contributed by atoms with Gasteiger partial charge < -0.3 is 14.3 Å². The number of ether oxygens (including phenoxy) is 1. The van der Waals surface area contributed by atoms with Gasteiger partial charge in [-0.3, -0.25) is 4.90 Å². The number of aromatic nitrogens is 1. The van der Waals surface area contributed by atoms with E-state index in [-0.39, 0.29) is 0 Å². The normalized spacial score (nSPS) is 15.3. The van der Waals surface area contributed by atoms with Gasteiger partial charge in [0, 0.05) is 19.2 Å². The Morgan fingerprint density at radius 3 is 2.84 bits per heavy atom. The topological polar surface area (TPSA) is 58.7 Å². The third-order valence-corrected chi connectivity index (χ3v) is 3.15. The Balaban J connectivity index is 2.38. The van der Waals surface area contributed by atoms with Crippen LogP contribution in [0.1, 0.15) is 19.4 Å². The molecule has 2 rings (SSSR count). The highest BCUT2D eigenvalue weighted by atomic mass is 16.6. The van der Waals surface area contributed by atoms with Crippen LogP contribution in [0.2, 0.25) is 0 Å². The summed E-state index contributed by atoms with van der Waals surface area (Å²) in [4.78, 5) is 5.83. The van der Waals surface area contributed by atoms with Crippen molar-refractivity contribution in [3.05, 3.63) is 30.2 Å². The maximum atomic E-state index is 10.7. The molecule has 104 valence electrons. The zero-order chi connectivity index (χ0) is 14.0. The minimum Gasteiger partial charge on any atom is -0.443 e. The highest BCUT2D eigenvalue weighted by Crippen LogP contribution is 2.28. The predicted molar refractivity (Wildman–Crippen MR) is 72.4 cm³/mol. The maximum absolute atomic E-state index is 10.7. The van der Waals surface area contributed by atoms with Gasteiger partial charge in [-0.1, -0.05) is 13.8 Å². The molecule has 1 unspecified atom stereocenters. The number of methoxy groups -OCH3 is 1. The second kappa shape index (κ2) is 5.28. The molecule has 19 heavy (non-hydrogen) atoms. The van der Waals surface area contributed by atoms with Gasteiger partial charge in [0.1, 0.15) is 5.52 Å². The number of nitrogens with zero attached hydrogens (tertiary/aromatic N) is 2. The van der Waals surface area contributed by atoms with E-state index in [2.05, 4.69) is 18.8 Å². The molecule has 0 saturated carbocycles. The molecule has 1 aromatic heterocycles. The van der Waals surface area contributed by atoms with Crippen molar-refractivity contribution in [2.45, 2.75) is 19.8 Å². The number of hydrogen-bond acceptors (Lipinski definition) is 5. The van der Waals surface area contributed by atoms with Crippen molar-refractivity contribution < 1.29 is 14.3 Å². The first-order valence-electron chi connectivity index (χ1n) is 6.30. The average Bonchev–Trinajstić information content (AvgIpc) is 2.83. The number of benzene rings is 1. The highest BCUT2D eigenvalue weighted by Gasteiger charge is 2.35. The van der Waals surface area contributed by atoms with Crippen molar-refractivity contribution in [1.82, 2.24) is 9.88 Å². The van der Waals surface area contributed by atoms with E-state index in [1.807, 2.05) is 7.05 Å². The number of rotatable bonds is 5. The van der Waals surface area contributed by atoms with Crippen LogP contribution >= 0.6 is 0 Å². The molecule has 2 aromatic rings. The molecule has 0 fully saturated rings. The van der Waals surface area contributed by atoms with Crippen LogP contribution in [0.25, 0.3) is 11.1 Å². The van der Waals surface area contributed by atoms with Gasteiger partial charge in [0.05, 0.1) is 0 Å². The zero-order valence-electron chi connectivity index (χ0n) is 11.8. The summed E-state index contributed by atoms with van der Waals surface area (Å²) in [5, 5.41) is 10.7. The third kappa shape index (κ3) is 2.63. The minimum absolute atomic E-state index is 0.417. The van der Waals surface area contributed by atoms with E-state index in [1.165, 1.54) is 13.5 Å². The van der Waals surface area contributed by atoms with Crippen molar-refractivity contribution in [3.8, 4) is 0 Å². The summed E-state index contributed by atoms with van der Waals surface area (Å²) in [7, 11) is 3.31. The Kier molecular flexibility index (Phi) is 3.89. The van der Waals surface area contributed by atoms with Crippen molar-refractivity contribution in [2.24, 2.45) is 5.92 Å². The van der Waals surface area contributed by atoms with E-state index in [0.29, 0.717) is 23.6 Å². The summed E-state index contributed by atoms with van der Waals surface area (Å²) in [6.07, 6.45) is 1.39. The predicted octanol–water partition coefficient (Wildman–Crippen LogP) is 2.16. The Labute approximate surface area is 112 Å². The van der Waals surface area contributed by atoms with Crippen LogP contribution in [-0.4, -0.2) is 35.7 Å². The lowest BCUT2D eigenvalue weighted by Gasteiger charge is -2.36. The molecule has 0 spiro atoms. The number of fused-ring (bicyclic) bond motifs is 1. The third-order valence-electron chi connectivity index (χ3n) is 3.15. The molecule has 5 heteroatoms. The molecule has 0 aliphatic heterocycles. The molecule has 1 atom stereocenters. The van der Waals surface area contributed by atoms with Crippen molar-refractivity contribution in [3.63, 3.8) is 0 Å². The Bertz CT molecular complexity index is 552. The summed E-state index contributed by atoms with van der Waals surface area (Å²) < 4.78 is 10.6. The van der Waals surface area contributed by atoms with Crippen LogP contribution in [0.15, 0.2) is 29.0 Å². The molecular weight excluding hydrogens is 244 g/mol. The largest absolute Gasteiger partial charge is 0.443 e. The van der Waals surface area contributed by atoms with Gasteiger partial charge in [0.2, 0.25) is 0 Å². The van der Waals surface area contributed by atoms with E-state index in [9.17, 15) is 5.11 Å².